The molecule has 4 aromatic rings. The molecule has 0 aliphatic heterocycles. The van der Waals surface area contributed by atoms with Crippen LogP contribution in [0, 0.1) is 0 Å². The number of aromatic carboxylic acids is 1. The van der Waals surface area contributed by atoms with Gasteiger partial charge in [-0.05, 0) is 19.1 Å². The molecule has 0 saturated carbocycles. The Labute approximate surface area is 185 Å². The van der Waals surface area contributed by atoms with Gasteiger partial charge in [0, 0.05) is 25.2 Å². The van der Waals surface area contributed by atoms with Gasteiger partial charge in [0.25, 0.3) is 0 Å². The highest BCUT2D eigenvalue weighted by Crippen LogP contribution is 2.19. The number of ether oxygens (including phenoxy) is 1. The fraction of sp³-hybridized carbons (Fsp3) is 0.167. The Bertz CT molecular complexity index is 1200. The van der Waals surface area contributed by atoms with E-state index in [0.717, 1.165) is 16.8 Å². The lowest BCUT2D eigenvalue weighted by molar-refractivity contribution is 0.0513. The minimum absolute atomic E-state index is 0.189. The minimum Gasteiger partial charge on any atom is -0.477 e. The van der Waals surface area contributed by atoms with Crippen LogP contribution in [0.5, 0.6) is 0 Å². The summed E-state index contributed by atoms with van der Waals surface area (Å²) in [5.74, 6) is -1.31. The minimum atomic E-state index is -0.966. The fourth-order valence-electron chi connectivity index (χ4n) is 3.03. The Balaban J connectivity index is 0.000000182. The van der Waals surface area contributed by atoms with Crippen LogP contribution in [-0.4, -0.2) is 43.2 Å². The predicted octanol–water partition coefficient (Wildman–Crippen LogP) is 4.05. The first-order chi connectivity index (χ1) is 15.4. The van der Waals surface area contributed by atoms with Crippen LogP contribution in [-0.2, 0) is 18.8 Å². The molecule has 0 radical (unpaired) electrons. The van der Waals surface area contributed by atoms with E-state index in [9.17, 15) is 9.59 Å². The van der Waals surface area contributed by atoms with E-state index in [-0.39, 0.29) is 11.7 Å². The van der Waals surface area contributed by atoms with Gasteiger partial charge in [0.05, 0.1) is 18.0 Å². The van der Waals surface area contributed by atoms with E-state index < -0.39 is 5.97 Å². The number of aromatic nitrogens is 4. The van der Waals surface area contributed by atoms with Gasteiger partial charge in [-0.3, -0.25) is 9.36 Å². The van der Waals surface area contributed by atoms with Crippen molar-refractivity contribution in [1.29, 1.82) is 0 Å². The second-order valence-corrected chi connectivity index (χ2v) is 6.83. The molecule has 8 heteroatoms. The summed E-state index contributed by atoms with van der Waals surface area (Å²) < 4.78 is 7.87. The van der Waals surface area contributed by atoms with E-state index in [4.69, 9.17) is 9.84 Å². The Morgan fingerprint density at radius 3 is 1.66 bits per heavy atom. The van der Waals surface area contributed by atoms with Gasteiger partial charge in [-0.1, -0.05) is 60.7 Å². The average Bonchev–Trinajstić information content (AvgIpc) is 3.39. The molecular weight excluding hydrogens is 408 g/mol. The molecule has 164 valence electrons. The van der Waals surface area contributed by atoms with Crippen molar-refractivity contribution in [1.82, 2.24) is 19.6 Å². The van der Waals surface area contributed by atoms with Gasteiger partial charge in [0.15, 0.2) is 0 Å². The van der Waals surface area contributed by atoms with Crippen molar-refractivity contribution < 1.29 is 19.4 Å². The molecule has 0 aliphatic rings. The van der Waals surface area contributed by atoms with Crippen molar-refractivity contribution in [3.05, 3.63) is 84.2 Å². The van der Waals surface area contributed by atoms with Crippen LogP contribution in [0.4, 0.5) is 0 Å². The van der Waals surface area contributed by atoms with Crippen LogP contribution >= 0.6 is 0 Å². The summed E-state index contributed by atoms with van der Waals surface area (Å²) in [6.45, 7) is 2.15. The maximum Gasteiger partial charge on any atom is 0.356 e. The van der Waals surface area contributed by atoms with Crippen LogP contribution in [0.2, 0.25) is 0 Å². The maximum absolute atomic E-state index is 11.6. The van der Waals surface area contributed by atoms with Gasteiger partial charge in [0.1, 0.15) is 11.4 Å². The zero-order chi connectivity index (χ0) is 23.1. The summed E-state index contributed by atoms with van der Waals surface area (Å²) in [4.78, 5) is 22.4. The summed E-state index contributed by atoms with van der Waals surface area (Å²) in [7, 11) is 3.36. The molecule has 2 heterocycles. The van der Waals surface area contributed by atoms with Crippen LogP contribution in [0.1, 0.15) is 27.9 Å². The van der Waals surface area contributed by atoms with Gasteiger partial charge >= 0.3 is 11.9 Å². The number of benzene rings is 2. The topological polar surface area (TPSA) is 99.2 Å². The number of carboxylic acids is 1. The highest BCUT2D eigenvalue weighted by molar-refractivity contribution is 5.89. The lowest BCUT2D eigenvalue weighted by Gasteiger charge is -1.99. The van der Waals surface area contributed by atoms with Gasteiger partial charge in [-0.15, -0.1) is 0 Å². The number of hydrogen-bond acceptors (Lipinski definition) is 5. The molecule has 0 saturated heterocycles. The molecule has 0 spiro atoms. The SMILES string of the molecule is CCOC(=O)c1cc(-c2ccccc2)nn1C.Cn1nc(-c2ccccc2)cc1C(=O)O. The van der Waals surface area contributed by atoms with Crippen molar-refractivity contribution in [2.75, 3.05) is 6.61 Å². The van der Waals surface area contributed by atoms with E-state index in [1.165, 1.54) is 4.68 Å². The Kier molecular flexibility index (Phi) is 7.17. The van der Waals surface area contributed by atoms with E-state index in [1.54, 1.807) is 37.8 Å². The molecular formula is C24H24N4O4. The van der Waals surface area contributed by atoms with E-state index in [1.807, 2.05) is 60.7 Å². The fourth-order valence-corrected chi connectivity index (χ4v) is 3.03. The third-order valence-electron chi connectivity index (χ3n) is 4.60. The second-order valence-electron chi connectivity index (χ2n) is 6.83. The summed E-state index contributed by atoms with van der Waals surface area (Å²) in [6, 6.07) is 22.5. The molecule has 0 amide bonds. The lowest BCUT2D eigenvalue weighted by atomic mass is 10.1. The van der Waals surface area contributed by atoms with Crippen molar-refractivity contribution in [3.63, 3.8) is 0 Å². The van der Waals surface area contributed by atoms with E-state index in [0.29, 0.717) is 18.0 Å². The zero-order valence-electron chi connectivity index (χ0n) is 18.1. The first kappa shape index (κ1) is 22.5. The molecule has 0 unspecified atom stereocenters. The van der Waals surface area contributed by atoms with Crippen molar-refractivity contribution >= 4 is 11.9 Å². The Morgan fingerprint density at radius 1 is 0.812 bits per heavy atom. The van der Waals surface area contributed by atoms with Crippen LogP contribution in [0.25, 0.3) is 22.5 Å². The second kappa shape index (κ2) is 10.2. The van der Waals surface area contributed by atoms with Crippen LogP contribution in [0.15, 0.2) is 72.8 Å². The highest BCUT2D eigenvalue weighted by Gasteiger charge is 2.15. The third kappa shape index (κ3) is 5.28. The number of aryl methyl sites for hydroxylation is 2. The molecule has 8 nitrogen and oxygen atoms in total. The smallest absolute Gasteiger partial charge is 0.356 e. The number of nitrogens with zero attached hydrogens (tertiary/aromatic N) is 4. The summed E-state index contributed by atoms with van der Waals surface area (Å²) >= 11 is 0. The molecule has 2 aromatic heterocycles. The first-order valence-corrected chi connectivity index (χ1v) is 10.00. The third-order valence-corrected chi connectivity index (χ3v) is 4.60. The molecule has 1 N–H and O–H groups in total. The van der Waals surface area contributed by atoms with E-state index in [2.05, 4.69) is 10.2 Å². The standard InChI is InChI=1S/C13H14N2O2.C11H10N2O2/c1-3-17-13(16)12-9-11(14-15(12)2)10-7-5-4-6-8-10;1-13-10(11(14)15)7-9(12-13)8-5-3-2-4-6-8/h4-9H,3H2,1-2H3;2-7H,1H3,(H,14,15). The largest absolute Gasteiger partial charge is 0.477 e. The number of carboxylic acid groups (broad SMARTS) is 1. The Morgan fingerprint density at radius 2 is 1.25 bits per heavy atom. The normalized spacial score (nSPS) is 10.2. The summed E-state index contributed by atoms with van der Waals surface area (Å²) in [5, 5.41) is 17.3. The van der Waals surface area contributed by atoms with Crippen molar-refractivity contribution in [3.8, 4) is 22.5 Å². The lowest BCUT2D eigenvalue weighted by Crippen LogP contribution is -2.10. The first-order valence-electron chi connectivity index (χ1n) is 10.00. The molecule has 0 fully saturated rings. The van der Waals surface area contributed by atoms with Crippen molar-refractivity contribution in [2.24, 2.45) is 14.1 Å². The van der Waals surface area contributed by atoms with E-state index >= 15 is 0 Å². The number of carbonyl (C=O) groups excluding carboxylic acids is 1. The molecule has 2 aromatic carbocycles. The van der Waals surface area contributed by atoms with Gasteiger partial charge in [-0.2, -0.15) is 10.2 Å². The number of esters is 1. The number of hydrogen-bond donors (Lipinski definition) is 1. The molecule has 0 bridgehead atoms. The monoisotopic (exact) mass is 432 g/mol. The molecule has 0 atom stereocenters. The molecule has 4 rings (SSSR count). The summed E-state index contributed by atoms with van der Waals surface area (Å²) in [6.07, 6.45) is 0. The van der Waals surface area contributed by atoms with Gasteiger partial charge < -0.3 is 9.84 Å². The highest BCUT2D eigenvalue weighted by atomic mass is 16.5. The average molecular weight is 432 g/mol. The predicted molar refractivity (Wildman–Crippen MR) is 120 cm³/mol. The zero-order valence-corrected chi connectivity index (χ0v) is 18.1. The van der Waals surface area contributed by atoms with Gasteiger partial charge in [0.2, 0.25) is 0 Å². The Hall–Kier alpha value is -4.20. The van der Waals surface area contributed by atoms with Crippen molar-refractivity contribution in [2.45, 2.75) is 6.92 Å². The molecule has 32 heavy (non-hydrogen) atoms. The maximum atomic E-state index is 11.6. The van der Waals surface area contributed by atoms with Crippen LogP contribution in [0.3, 0.4) is 0 Å². The summed E-state index contributed by atoms with van der Waals surface area (Å²) in [5.41, 5.74) is 4.01. The quantitative estimate of drug-likeness (QED) is 0.478. The number of carbonyl (C=O) groups is 2. The number of rotatable bonds is 5. The van der Waals surface area contributed by atoms with Gasteiger partial charge in [-0.25, -0.2) is 9.59 Å². The van der Waals surface area contributed by atoms with Crippen LogP contribution < -0.4 is 0 Å². The molecule has 0 aliphatic carbocycles.